The van der Waals surface area contributed by atoms with Gasteiger partial charge in [0, 0.05) is 31.7 Å². The number of amides is 1. The number of aromatic nitrogens is 1. The van der Waals surface area contributed by atoms with E-state index in [1.807, 2.05) is 49.1 Å². The first kappa shape index (κ1) is 24.5. The van der Waals surface area contributed by atoms with Crippen molar-refractivity contribution in [2.45, 2.75) is 20.8 Å². The van der Waals surface area contributed by atoms with E-state index in [4.69, 9.17) is 14.5 Å². The number of fused-ring (bicyclic) bond motifs is 1. The van der Waals surface area contributed by atoms with E-state index in [2.05, 4.69) is 11.8 Å². The molecule has 3 aromatic rings. The lowest BCUT2D eigenvalue weighted by molar-refractivity contribution is 0.0391. The molecule has 1 aliphatic rings. The molecule has 4 rings (SSSR count). The SMILES string of the molecule is COc1ccc(C)c2sc(N(CCN3CCOCC3)C(=O)c3cc(C)ccc3C)nc12.Cl. The van der Waals surface area contributed by atoms with Crippen LogP contribution in [-0.2, 0) is 4.74 Å². The highest BCUT2D eigenvalue weighted by molar-refractivity contribution is 7.22. The minimum Gasteiger partial charge on any atom is -0.494 e. The predicted molar refractivity (Wildman–Crippen MR) is 133 cm³/mol. The zero-order valence-corrected chi connectivity index (χ0v) is 20.6. The third-order valence-electron chi connectivity index (χ3n) is 5.76. The first-order chi connectivity index (χ1) is 15.0. The lowest BCUT2D eigenvalue weighted by Crippen LogP contribution is -2.43. The number of rotatable bonds is 6. The van der Waals surface area contributed by atoms with E-state index in [1.165, 1.54) is 0 Å². The van der Waals surface area contributed by atoms with Crippen LogP contribution in [0.25, 0.3) is 10.2 Å². The predicted octanol–water partition coefficient (Wildman–Crippen LogP) is 4.63. The largest absolute Gasteiger partial charge is 0.494 e. The molecule has 0 N–H and O–H groups in total. The van der Waals surface area contributed by atoms with Gasteiger partial charge in [-0.1, -0.05) is 35.1 Å². The second-order valence-electron chi connectivity index (χ2n) is 7.99. The number of carbonyl (C=O) groups is 1. The van der Waals surface area contributed by atoms with Crippen molar-refractivity contribution in [2.24, 2.45) is 0 Å². The highest BCUT2D eigenvalue weighted by Gasteiger charge is 2.25. The zero-order chi connectivity index (χ0) is 22.0. The van der Waals surface area contributed by atoms with Crippen LogP contribution in [0.5, 0.6) is 5.75 Å². The number of methoxy groups -OCH3 is 1. The topological polar surface area (TPSA) is 54.9 Å². The number of carbonyl (C=O) groups excluding carboxylic acids is 1. The van der Waals surface area contributed by atoms with E-state index in [0.717, 1.165) is 71.1 Å². The number of morpholine rings is 1. The first-order valence-corrected chi connectivity index (χ1v) is 11.4. The van der Waals surface area contributed by atoms with Crippen LogP contribution in [0, 0.1) is 20.8 Å². The van der Waals surface area contributed by atoms with Gasteiger partial charge in [0.25, 0.3) is 5.91 Å². The number of aryl methyl sites for hydroxylation is 3. The molecular formula is C24H30ClN3O3S. The Labute approximate surface area is 199 Å². The summed E-state index contributed by atoms with van der Waals surface area (Å²) in [5.41, 5.74) is 4.72. The minimum absolute atomic E-state index is 0. The Hall–Kier alpha value is -2.19. The highest BCUT2D eigenvalue weighted by atomic mass is 35.5. The maximum Gasteiger partial charge on any atom is 0.260 e. The molecule has 2 heterocycles. The summed E-state index contributed by atoms with van der Waals surface area (Å²) in [5, 5.41) is 0.710. The lowest BCUT2D eigenvalue weighted by atomic mass is 10.0. The number of thiazole rings is 1. The Morgan fingerprint density at radius 3 is 2.59 bits per heavy atom. The van der Waals surface area contributed by atoms with Crippen molar-refractivity contribution in [2.75, 3.05) is 51.4 Å². The molecule has 0 aliphatic carbocycles. The van der Waals surface area contributed by atoms with Crippen molar-refractivity contribution in [1.82, 2.24) is 9.88 Å². The van der Waals surface area contributed by atoms with Crippen LogP contribution in [0.2, 0.25) is 0 Å². The van der Waals surface area contributed by atoms with Gasteiger partial charge in [0.15, 0.2) is 5.13 Å². The average molecular weight is 476 g/mol. The molecule has 0 radical (unpaired) electrons. The summed E-state index contributed by atoms with van der Waals surface area (Å²) in [5.74, 6) is 0.723. The van der Waals surface area contributed by atoms with Gasteiger partial charge in [0.1, 0.15) is 11.3 Å². The van der Waals surface area contributed by atoms with Gasteiger partial charge in [-0.25, -0.2) is 4.98 Å². The molecule has 1 saturated heterocycles. The Bertz CT molecular complexity index is 1100. The second kappa shape index (κ2) is 10.6. The molecule has 0 spiro atoms. The second-order valence-corrected chi connectivity index (χ2v) is 8.97. The summed E-state index contributed by atoms with van der Waals surface area (Å²) >= 11 is 1.55. The molecule has 6 nitrogen and oxygen atoms in total. The monoisotopic (exact) mass is 475 g/mol. The van der Waals surface area contributed by atoms with Gasteiger partial charge in [-0.2, -0.15) is 0 Å². The van der Waals surface area contributed by atoms with Crippen LogP contribution >= 0.6 is 23.7 Å². The van der Waals surface area contributed by atoms with Crippen LogP contribution in [0.1, 0.15) is 27.0 Å². The van der Waals surface area contributed by atoms with Crippen molar-refractivity contribution in [3.8, 4) is 5.75 Å². The molecule has 8 heteroatoms. The van der Waals surface area contributed by atoms with Crippen LogP contribution in [-0.4, -0.2) is 62.3 Å². The van der Waals surface area contributed by atoms with Crippen molar-refractivity contribution in [3.05, 3.63) is 52.6 Å². The summed E-state index contributed by atoms with van der Waals surface area (Å²) in [4.78, 5) is 22.8. The van der Waals surface area contributed by atoms with Gasteiger partial charge in [0.2, 0.25) is 0 Å². The van der Waals surface area contributed by atoms with Crippen molar-refractivity contribution in [3.63, 3.8) is 0 Å². The molecule has 0 saturated carbocycles. The number of benzene rings is 2. The number of halogens is 1. The molecule has 2 aromatic carbocycles. The lowest BCUT2D eigenvalue weighted by Gasteiger charge is -2.29. The van der Waals surface area contributed by atoms with Gasteiger partial charge in [-0.3, -0.25) is 14.6 Å². The zero-order valence-electron chi connectivity index (χ0n) is 19.0. The summed E-state index contributed by atoms with van der Waals surface area (Å²) in [6.07, 6.45) is 0. The van der Waals surface area contributed by atoms with E-state index < -0.39 is 0 Å². The van der Waals surface area contributed by atoms with Gasteiger partial charge >= 0.3 is 0 Å². The Morgan fingerprint density at radius 2 is 1.88 bits per heavy atom. The van der Waals surface area contributed by atoms with Crippen LogP contribution < -0.4 is 9.64 Å². The van der Waals surface area contributed by atoms with E-state index in [9.17, 15) is 4.79 Å². The number of nitrogens with zero attached hydrogens (tertiary/aromatic N) is 3. The molecule has 172 valence electrons. The Morgan fingerprint density at radius 1 is 1.16 bits per heavy atom. The average Bonchev–Trinajstić information content (AvgIpc) is 3.22. The van der Waals surface area contributed by atoms with Gasteiger partial charge in [-0.15, -0.1) is 12.4 Å². The van der Waals surface area contributed by atoms with Crippen molar-refractivity contribution >= 4 is 45.0 Å². The van der Waals surface area contributed by atoms with Crippen LogP contribution in [0.15, 0.2) is 30.3 Å². The number of ether oxygens (including phenoxy) is 2. The smallest absolute Gasteiger partial charge is 0.260 e. The summed E-state index contributed by atoms with van der Waals surface area (Å²) in [6.45, 7) is 10.7. The third-order valence-corrected chi connectivity index (χ3v) is 6.97. The fourth-order valence-corrected chi connectivity index (χ4v) is 4.92. The molecule has 0 unspecified atom stereocenters. The maximum absolute atomic E-state index is 13.7. The van der Waals surface area contributed by atoms with Gasteiger partial charge in [0.05, 0.1) is 25.0 Å². The van der Waals surface area contributed by atoms with E-state index >= 15 is 0 Å². The molecule has 0 bridgehead atoms. The quantitative estimate of drug-likeness (QED) is 0.520. The Kier molecular flexibility index (Phi) is 8.11. The molecular weight excluding hydrogens is 446 g/mol. The Balaban J connectivity index is 0.00000289. The number of hydrogen-bond donors (Lipinski definition) is 0. The number of hydrogen-bond acceptors (Lipinski definition) is 6. The third kappa shape index (κ3) is 5.07. The molecule has 1 aromatic heterocycles. The summed E-state index contributed by atoms with van der Waals surface area (Å²) in [7, 11) is 1.65. The summed E-state index contributed by atoms with van der Waals surface area (Å²) < 4.78 is 12.1. The minimum atomic E-state index is -0.00913. The van der Waals surface area contributed by atoms with Crippen LogP contribution in [0.4, 0.5) is 5.13 Å². The molecule has 32 heavy (non-hydrogen) atoms. The fraction of sp³-hybridized carbons (Fsp3) is 0.417. The first-order valence-electron chi connectivity index (χ1n) is 10.6. The number of anilines is 1. The van der Waals surface area contributed by atoms with Gasteiger partial charge in [-0.05, 0) is 44.0 Å². The van der Waals surface area contributed by atoms with Crippen molar-refractivity contribution in [1.29, 1.82) is 0 Å². The maximum atomic E-state index is 13.7. The highest BCUT2D eigenvalue weighted by Crippen LogP contribution is 2.37. The molecule has 1 fully saturated rings. The van der Waals surface area contributed by atoms with Crippen LogP contribution in [0.3, 0.4) is 0 Å². The molecule has 0 atom stereocenters. The fourth-order valence-electron chi connectivity index (χ4n) is 3.84. The normalized spacial score (nSPS) is 14.2. The molecule has 1 amide bonds. The molecule has 1 aliphatic heterocycles. The van der Waals surface area contributed by atoms with E-state index in [-0.39, 0.29) is 18.3 Å². The van der Waals surface area contributed by atoms with E-state index in [1.54, 1.807) is 18.4 Å². The standard InChI is InChI=1S/C24H29N3O3S.ClH/c1-16-5-6-17(2)19(15-16)23(28)27(10-9-26-11-13-30-14-12-26)24-25-21-20(29-4)8-7-18(3)22(21)31-24;/h5-8,15H,9-14H2,1-4H3;1H. The van der Waals surface area contributed by atoms with E-state index in [0.29, 0.717) is 11.7 Å². The van der Waals surface area contributed by atoms with Gasteiger partial charge < -0.3 is 9.47 Å². The summed E-state index contributed by atoms with van der Waals surface area (Å²) in [6, 6.07) is 9.99. The van der Waals surface area contributed by atoms with Crippen molar-refractivity contribution < 1.29 is 14.3 Å².